The standard InChI is InChI=1S/C21H32O5/c1-3-6-20(13-22)12-16(23)17-15(18(20)24)5-4-14-11-21(25-9-10-26-21)8-7-19(14,17)2/h3-4,15-18,22-24H,1,5-13H2,2H3/t15-,16-,17-,18-,19+,20+/m1/s1. The van der Waals surface area contributed by atoms with Crippen LogP contribution in [-0.2, 0) is 9.47 Å². The van der Waals surface area contributed by atoms with E-state index in [9.17, 15) is 15.3 Å². The maximum Gasteiger partial charge on any atom is 0.172 e. The quantitative estimate of drug-likeness (QED) is 0.669. The van der Waals surface area contributed by atoms with E-state index in [0.29, 0.717) is 26.1 Å². The van der Waals surface area contributed by atoms with Crippen LogP contribution in [0.15, 0.2) is 24.3 Å². The summed E-state index contributed by atoms with van der Waals surface area (Å²) in [5.74, 6) is -0.520. The van der Waals surface area contributed by atoms with Crippen molar-refractivity contribution < 1.29 is 24.8 Å². The molecule has 1 aliphatic heterocycles. The van der Waals surface area contributed by atoms with E-state index in [2.05, 4.69) is 19.6 Å². The van der Waals surface area contributed by atoms with Gasteiger partial charge in [-0.3, -0.25) is 0 Å². The van der Waals surface area contributed by atoms with E-state index < -0.39 is 23.4 Å². The highest BCUT2D eigenvalue weighted by atomic mass is 16.7. The summed E-state index contributed by atoms with van der Waals surface area (Å²) in [6.45, 7) is 7.19. The molecule has 0 aromatic heterocycles. The molecule has 1 saturated heterocycles. The minimum atomic E-state index is -0.683. The summed E-state index contributed by atoms with van der Waals surface area (Å²) in [5, 5.41) is 32.3. The lowest BCUT2D eigenvalue weighted by atomic mass is 9.48. The fraction of sp³-hybridized carbons (Fsp3) is 0.810. The molecule has 0 amide bonds. The normalized spacial score (nSPS) is 47.2. The van der Waals surface area contributed by atoms with Crippen molar-refractivity contribution in [2.45, 2.75) is 63.4 Å². The Morgan fingerprint density at radius 2 is 2.00 bits per heavy atom. The van der Waals surface area contributed by atoms with E-state index in [4.69, 9.17) is 9.47 Å². The zero-order valence-corrected chi connectivity index (χ0v) is 15.7. The van der Waals surface area contributed by atoms with Crippen LogP contribution in [0.3, 0.4) is 0 Å². The van der Waals surface area contributed by atoms with Crippen molar-refractivity contribution in [2.24, 2.45) is 22.7 Å². The molecule has 3 N–H and O–H groups in total. The Morgan fingerprint density at radius 3 is 2.65 bits per heavy atom. The monoisotopic (exact) mass is 364 g/mol. The van der Waals surface area contributed by atoms with Gasteiger partial charge in [-0.2, -0.15) is 0 Å². The first kappa shape index (κ1) is 18.6. The van der Waals surface area contributed by atoms with E-state index >= 15 is 0 Å². The summed E-state index contributed by atoms with van der Waals surface area (Å²) in [5.41, 5.74) is 0.468. The number of hydrogen-bond donors (Lipinski definition) is 3. The number of ether oxygens (including phenoxy) is 2. The Hall–Kier alpha value is -0.720. The van der Waals surface area contributed by atoms with Crippen molar-refractivity contribution in [3.63, 3.8) is 0 Å². The molecule has 0 aromatic rings. The molecular weight excluding hydrogens is 332 g/mol. The molecule has 5 nitrogen and oxygen atoms in total. The molecule has 0 aromatic carbocycles. The molecule has 0 unspecified atom stereocenters. The van der Waals surface area contributed by atoms with Crippen molar-refractivity contribution in [2.75, 3.05) is 19.8 Å². The van der Waals surface area contributed by atoms with E-state index in [-0.39, 0.29) is 23.9 Å². The van der Waals surface area contributed by atoms with Gasteiger partial charge < -0.3 is 24.8 Å². The van der Waals surface area contributed by atoms with Crippen LogP contribution in [0, 0.1) is 22.7 Å². The fourth-order valence-electron chi connectivity index (χ4n) is 6.39. The topological polar surface area (TPSA) is 79.2 Å². The van der Waals surface area contributed by atoms with Gasteiger partial charge in [-0.25, -0.2) is 0 Å². The van der Waals surface area contributed by atoms with Crippen LogP contribution in [-0.4, -0.2) is 53.1 Å². The first-order valence-electron chi connectivity index (χ1n) is 9.95. The molecule has 1 spiro atoms. The molecule has 0 bridgehead atoms. The van der Waals surface area contributed by atoms with Gasteiger partial charge in [0.1, 0.15) is 0 Å². The lowest BCUT2D eigenvalue weighted by molar-refractivity contribution is -0.205. The van der Waals surface area contributed by atoms with Crippen LogP contribution in [0.1, 0.15) is 45.4 Å². The van der Waals surface area contributed by atoms with Crippen LogP contribution in [0.25, 0.3) is 0 Å². The van der Waals surface area contributed by atoms with E-state index in [1.54, 1.807) is 6.08 Å². The fourth-order valence-corrected chi connectivity index (χ4v) is 6.39. The first-order valence-corrected chi connectivity index (χ1v) is 9.95. The van der Waals surface area contributed by atoms with Gasteiger partial charge in [-0.05, 0) is 42.9 Å². The highest BCUT2D eigenvalue weighted by Gasteiger charge is 2.60. The average molecular weight is 364 g/mol. The summed E-state index contributed by atoms with van der Waals surface area (Å²) in [7, 11) is 0. The van der Waals surface area contributed by atoms with Crippen LogP contribution >= 0.6 is 0 Å². The summed E-state index contributed by atoms with van der Waals surface area (Å²) >= 11 is 0. The number of hydrogen-bond acceptors (Lipinski definition) is 5. The molecule has 5 heteroatoms. The van der Waals surface area contributed by atoms with Gasteiger partial charge in [-0.1, -0.05) is 24.6 Å². The molecule has 1 heterocycles. The molecule has 2 saturated carbocycles. The van der Waals surface area contributed by atoms with E-state index in [0.717, 1.165) is 25.7 Å². The minimum Gasteiger partial charge on any atom is -0.396 e. The largest absolute Gasteiger partial charge is 0.396 e. The SMILES string of the molecule is C=CC[C@@]1(CO)C[C@@H](O)[C@H]2[C@@H](CC=C3CC4(CC[C@@]32C)OCCO4)[C@H]1O. The molecule has 146 valence electrons. The van der Waals surface area contributed by atoms with Crippen molar-refractivity contribution in [3.05, 3.63) is 24.3 Å². The van der Waals surface area contributed by atoms with Crippen LogP contribution < -0.4 is 0 Å². The predicted molar refractivity (Wildman–Crippen MR) is 97.2 cm³/mol. The van der Waals surface area contributed by atoms with Gasteiger partial charge in [-0.15, -0.1) is 6.58 Å². The number of fused-ring (bicyclic) bond motifs is 3. The van der Waals surface area contributed by atoms with Gasteiger partial charge in [0.15, 0.2) is 5.79 Å². The van der Waals surface area contributed by atoms with Gasteiger partial charge >= 0.3 is 0 Å². The Bertz CT molecular complexity index is 595. The van der Waals surface area contributed by atoms with Crippen molar-refractivity contribution in [1.82, 2.24) is 0 Å². The Labute approximate surface area is 155 Å². The van der Waals surface area contributed by atoms with Gasteiger partial charge in [0, 0.05) is 18.3 Å². The maximum atomic E-state index is 11.2. The molecule has 4 aliphatic rings. The second-order valence-corrected chi connectivity index (χ2v) is 9.09. The summed E-state index contributed by atoms with van der Waals surface area (Å²) in [4.78, 5) is 0. The average Bonchev–Trinajstić information content (AvgIpc) is 3.07. The number of rotatable bonds is 3. The zero-order chi connectivity index (χ0) is 18.6. The van der Waals surface area contributed by atoms with Crippen molar-refractivity contribution in [3.8, 4) is 0 Å². The molecule has 3 fully saturated rings. The maximum absolute atomic E-state index is 11.2. The molecule has 4 rings (SSSR count). The first-order chi connectivity index (χ1) is 12.4. The van der Waals surface area contributed by atoms with Gasteiger partial charge in [0.25, 0.3) is 0 Å². The summed E-state index contributed by atoms with van der Waals surface area (Å²) in [6.07, 6.45) is 6.94. The van der Waals surface area contributed by atoms with Gasteiger partial charge in [0.2, 0.25) is 0 Å². The van der Waals surface area contributed by atoms with Crippen molar-refractivity contribution in [1.29, 1.82) is 0 Å². The third-order valence-corrected chi connectivity index (χ3v) is 7.79. The zero-order valence-electron chi connectivity index (χ0n) is 15.7. The van der Waals surface area contributed by atoms with E-state index in [1.165, 1.54) is 5.57 Å². The molecular formula is C21H32O5. The molecule has 3 aliphatic carbocycles. The third-order valence-electron chi connectivity index (χ3n) is 7.79. The third kappa shape index (κ3) is 2.55. The number of allylic oxidation sites excluding steroid dienone is 2. The highest BCUT2D eigenvalue weighted by molar-refractivity contribution is 5.27. The molecule has 0 radical (unpaired) electrons. The minimum absolute atomic E-state index is 0.000688. The van der Waals surface area contributed by atoms with Crippen LogP contribution in [0.4, 0.5) is 0 Å². The Morgan fingerprint density at radius 1 is 1.27 bits per heavy atom. The smallest absolute Gasteiger partial charge is 0.172 e. The number of aliphatic hydroxyl groups excluding tert-OH is 3. The van der Waals surface area contributed by atoms with Crippen LogP contribution in [0.5, 0.6) is 0 Å². The summed E-state index contributed by atoms with van der Waals surface area (Å²) in [6, 6.07) is 0. The molecule has 6 atom stereocenters. The second kappa shape index (κ2) is 6.42. The lowest BCUT2D eigenvalue weighted by Crippen LogP contribution is -2.61. The highest BCUT2D eigenvalue weighted by Crippen LogP contribution is 2.61. The predicted octanol–water partition coefficient (Wildman–Crippen LogP) is 2.16. The van der Waals surface area contributed by atoms with Crippen LogP contribution in [0.2, 0.25) is 0 Å². The Balaban J connectivity index is 1.66. The number of aliphatic hydroxyl groups is 3. The lowest BCUT2D eigenvalue weighted by Gasteiger charge is -2.59. The Kier molecular flexibility index (Phi) is 4.60. The molecule has 26 heavy (non-hydrogen) atoms. The van der Waals surface area contributed by atoms with E-state index in [1.807, 2.05) is 0 Å². The second-order valence-electron chi connectivity index (χ2n) is 9.09. The summed E-state index contributed by atoms with van der Waals surface area (Å²) < 4.78 is 11.8. The van der Waals surface area contributed by atoms with Crippen molar-refractivity contribution >= 4 is 0 Å². The van der Waals surface area contributed by atoms with Gasteiger partial charge in [0.05, 0.1) is 32.0 Å².